The van der Waals surface area contributed by atoms with E-state index in [1.807, 2.05) is 24.3 Å². The van der Waals surface area contributed by atoms with Gasteiger partial charge in [-0.1, -0.05) is 28.1 Å². The van der Waals surface area contributed by atoms with Crippen LogP contribution in [0.25, 0.3) is 0 Å². The van der Waals surface area contributed by atoms with E-state index in [0.717, 1.165) is 10.0 Å². The molecule has 1 aliphatic rings. The topological polar surface area (TPSA) is 76.7 Å². The van der Waals surface area contributed by atoms with Gasteiger partial charge in [0.15, 0.2) is 0 Å². The summed E-state index contributed by atoms with van der Waals surface area (Å²) in [6, 6.07) is 14.9. The Morgan fingerprint density at radius 3 is 2.14 bits per heavy atom. The van der Waals surface area contributed by atoms with Gasteiger partial charge >= 0.3 is 0 Å². The molecular formula is C21H23BrN2O4. The zero-order valence-electron chi connectivity index (χ0n) is 15.7. The first-order valence-electron chi connectivity index (χ1n) is 9.07. The van der Waals surface area contributed by atoms with E-state index < -0.39 is 5.41 Å². The molecule has 0 radical (unpaired) electrons. The van der Waals surface area contributed by atoms with Crippen LogP contribution in [-0.2, 0) is 24.5 Å². The number of ether oxygens (including phenoxy) is 2. The third-order valence-electron chi connectivity index (χ3n) is 4.88. The second-order valence-electron chi connectivity index (χ2n) is 6.71. The SMILES string of the molecule is COCC(=O)Nc1ccc(NC(=O)C2(c3ccc(Br)cc3)CCOCC2)cc1. The molecule has 0 spiro atoms. The highest BCUT2D eigenvalue weighted by Gasteiger charge is 2.41. The molecule has 1 aliphatic heterocycles. The Labute approximate surface area is 172 Å². The highest BCUT2D eigenvalue weighted by molar-refractivity contribution is 9.10. The summed E-state index contributed by atoms with van der Waals surface area (Å²) in [7, 11) is 1.47. The third-order valence-corrected chi connectivity index (χ3v) is 5.41. The van der Waals surface area contributed by atoms with Crippen LogP contribution in [0.15, 0.2) is 53.0 Å². The molecule has 1 heterocycles. The van der Waals surface area contributed by atoms with Crippen molar-refractivity contribution in [3.8, 4) is 0 Å². The molecule has 2 amide bonds. The summed E-state index contributed by atoms with van der Waals surface area (Å²) in [6.45, 7) is 1.10. The molecule has 2 aromatic carbocycles. The van der Waals surface area contributed by atoms with E-state index in [4.69, 9.17) is 9.47 Å². The van der Waals surface area contributed by atoms with Gasteiger partial charge < -0.3 is 20.1 Å². The number of amides is 2. The van der Waals surface area contributed by atoms with E-state index in [1.54, 1.807) is 24.3 Å². The predicted molar refractivity (Wildman–Crippen MR) is 111 cm³/mol. The summed E-state index contributed by atoms with van der Waals surface area (Å²) in [5, 5.41) is 5.76. The smallest absolute Gasteiger partial charge is 0.250 e. The quantitative estimate of drug-likeness (QED) is 0.708. The van der Waals surface area contributed by atoms with Gasteiger partial charge in [0.1, 0.15) is 6.61 Å². The minimum atomic E-state index is -0.621. The number of anilines is 2. The van der Waals surface area contributed by atoms with Crippen molar-refractivity contribution in [2.24, 2.45) is 0 Å². The minimum Gasteiger partial charge on any atom is -0.381 e. The van der Waals surface area contributed by atoms with Crippen LogP contribution in [0.5, 0.6) is 0 Å². The summed E-state index contributed by atoms with van der Waals surface area (Å²) < 4.78 is 11.3. The number of nitrogens with one attached hydrogen (secondary N) is 2. The highest BCUT2D eigenvalue weighted by atomic mass is 79.9. The van der Waals surface area contributed by atoms with Crippen LogP contribution < -0.4 is 10.6 Å². The van der Waals surface area contributed by atoms with Crippen LogP contribution in [0.3, 0.4) is 0 Å². The maximum absolute atomic E-state index is 13.3. The molecule has 0 bridgehead atoms. The number of halogens is 1. The lowest BCUT2D eigenvalue weighted by Crippen LogP contribution is -2.44. The summed E-state index contributed by atoms with van der Waals surface area (Å²) in [5.41, 5.74) is 1.69. The Morgan fingerprint density at radius 1 is 1.00 bits per heavy atom. The number of hydrogen-bond donors (Lipinski definition) is 2. The number of rotatable bonds is 6. The molecule has 3 rings (SSSR count). The molecule has 1 saturated heterocycles. The van der Waals surface area contributed by atoms with Gasteiger partial charge in [-0.2, -0.15) is 0 Å². The van der Waals surface area contributed by atoms with E-state index in [-0.39, 0.29) is 18.4 Å². The van der Waals surface area contributed by atoms with Gasteiger partial charge in [-0.3, -0.25) is 9.59 Å². The molecule has 0 aliphatic carbocycles. The van der Waals surface area contributed by atoms with Crippen molar-refractivity contribution in [2.45, 2.75) is 18.3 Å². The van der Waals surface area contributed by atoms with E-state index in [1.165, 1.54) is 7.11 Å². The lowest BCUT2D eigenvalue weighted by atomic mass is 9.73. The van der Waals surface area contributed by atoms with Crippen molar-refractivity contribution >= 4 is 39.1 Å². The zero-order chi connectivity index (χ0) is 20.0. The zero-order valence-corrected chi connectivity index (χ0v) is 17.3. The van der Waals surface area contributed by atoms with Gasteiger partial charge in [0.25, 0.3) is 0 Å². The average Bonchev–Trinajstić information content (AvgIpc) is 2.70. The van der Waals surface area contributed by atoms with Crippen molar-refractivity contribution in [1.82, 2.24) is 0 Å². The van der Waals surface area contributed by atoms with Gasteiger partial charge in [-0.25, -0.2) is 0 Å². The van der Waals surface area contributed by atoms with Gasteiger partial charge in [-0.15, -0.1) is 0 Å². The Hall–Kier alpha value is -2.22. The molecule has 0 atom stereocenters. The van der Waals surface area contributed by atoms with E-state index in [2.05, 4.69) is 26.6 Å². The van der Waals surface area contributed by atoms with E-state index in [9.17, 15) is 9.59 Å². The Bertz CT molecular complexity index is 815. The number of carbonyl (C=O) groups is 2. The van der Waals surface area contributed by atoms with Crippen LogP contribution in [0.2, 0.25) is 0 Å². The molecule has 148 valence electrons. The number of carbonyl (C=O) groups excluding carboxylic acids is 2. The van der Waals surface area contributed by atoms with Crippen molar-refractivity contribution in [3.05, 3.63) is 58.6 Å². The first-order chi connectivity index (χ1) is 13.5. The van der Waals surface area contributed by atoms with Crippen molar-refractivity contribution in [1.29, 1.82) is 0 Å². The molecular weight excluding hydrogens is 424 g/mol. The van der Waals surface area contributed by atoms with Crippen molar-refractivity contribution < 1.29 is 19.1 Å². The van der Waals surface area contributed by atoms with Crippen LogP contribution in [-0.4, -0.2) is 38.7 Å². The fourth-order valence-electron chi connectivity index (χ4n) is 3.35. The van der Waals surface area contributed by atoms with E-state index in [0.29, 0.717) is 37.4 Å². The predicted octanol–water partition coefficient (Wildman–Crippen LogP) is 3.72. The Morgan fingerprint density at radius 2 is 1.57 bits per heavy atom. The summed E-state index contributed by atoms with van der Waals surface area (Å²) in [5.74, 6) is -0.273. The molecule has 28 heavy (non-hydrogen) atoms. The van der Waals surface area contributed by atoms with Crippen molar-refractivity contribution in [3.63, 3.8) is 0 Å². The average molecular weight is 447 g/mol. The highest BCUT2D eigenvalue weighted by Crippen LogP contribution is 2.36. The summed E-state index contributed by atoms with van der Waals surface area (Å²) in [6.07, 6.45) is 1.26. The molecule has 0 unspecified atom stereocenters. The van der Waals surface area contributed by atoms with Gasteiger partial charge in [0.2, 0.25) is 11.8 Å². The molecule has 2 N–H and O–H groups in total. The first-order valence-corrected chi connectivity index (χ1v) is 9.87. The molecule has 0 aromatic heterocycles. The van der Waals surface area contributed by atoms with Gasteiger partial charge in [0, 0.05) is 36.2 Å². The lowest BCUT2D eigenvalue weighted by Gasteiger charge is -2.36. The van der Waals surface area contributed by atoms with Crippen LogP contribution in [0.4, 0.5) is 11.4 Å². The largest absolute Gasteiger partial charge is 0.381 e. The minimum absolute atomic E-state index is 0.00370. The first kappa shape index (κ1) is 20.5. The maximum atomic E-state index is 13.3. The van der Waals surface area contributed by atoms with E-state index >= 15 is 0 Å². The fourth-order valence-corrected chi connectivity index (χ4v) is 3.62. The fraction of sp³-hybridized carbons (Fsp3) is 0.333. The standard InChI is InChI=1S/C21H23BrN2O4/c1-27-14-19(25)23-17-6-8-18(9-7-17)24-20(26)21(10-12-28-13-11-21)15-2-4-16(22)5-3-15/h2-9H,10-14H2,1H3,(H,23,25)(H,24,26). The van der Waals surface area contributed by atoms with Crippen LogP contribution in [0, 0.1) is 0 Å². The van der Waals surface area contributed by atoms with Gasteiger partial charge in [-0.05, 0) is 54.8 Å². The Kier molecular flexibility index (Phi) is 6.83. The second-order valence-corrected chi connectivity index (χ2v) is 7.63. The number of methoxy groups -OCH3 is 1. The maximum Gasteiger partial charge on any atom is 0.250 e. The van der Waals surface area contributed by atoms with Gasteiger partial charge in [0.05, 0.1) is 5.41 Å². The summed E-state index contributed by atoms with van der Waals surface area (Å²) >= 11 is 3.45. The normalized spacial score (nSPS) is 15.6. The lowest BCUT2D eigenvalue weighted by molar-refractivity contribution is -0.125. The number of benzene rings is 2. The summed E-state index contributed by atoms with van der Waals surface area (Å²) in [4.78, 5) is 24.8. The Balaban J connectivity index is 1.75. The number of hydrogen-bond acceptors (Lipinski definition) is 4. The third kappa shape index (κ3) is 4.79. The van der Waals surface area contributed by atoms with Crippen LogP contribution in [0.1, 0.15) is 18.4 Å². The molecule has 2 aromatic rings. The molecule has 0 saturated carbocycles. The molecule has 6 nitrogen and oxygen atoms in total. The monoisotopic (exact) mass is 446 g/mol. The van der Waals surface area contributed by atoms with Crippen molar-refractivity contribution in [2.75, 3.05) is 37.6 Å². The van der Waals surface area contributed by atoms with Crippen LogP contribution >= 0.6 is 15.9 Å². The molecule has 7 heteroatoms. The molecule has 1 fully saturated rings. The second kappa shape index (κ2) is 9.32.